The Morgan fingerprint density at radius 2 is 2.06 bits per heavy atom. The Morgan fingerprint density at radius 3 is 2.53 bits per heavy atom. The Morgan fingerprint density at radius 1 is 1.47 bits per heavy atom. The van der Waals surface area contributed by atoms with Crippen LogP contribution in [0.2, 0.25) is 0 Å². The van der Waals surface area contributed by atoms with Crippen LogP contribution < -0.4 is 10.4 Å². The van der Waals surface area contributed by atoms with E-state index in [0.717, 1.165) is 6.20 Å². The average molecular weight is 237 g/mol. The number of hydrogen-bond donors (Lipinski definition) is 1. The standard InChI is InChI=1S/C11H11NO5/c1-2-17-11(14)10(13)9-5-3-8(4-6-9)7-12(15)16/h3-7,13H,2H2,1H3. The molecular weight excluding hydrogens is 226 g/mol. The Labute approximate surface area is 96.6 Å². The van der Waals surface area contributed by atoms with Gasteiger partial charge in [0.1, 0.15) is 0 Å². The first kappa shape index (κ1) is 12.7. The molecule has 0 fully saturated rings. The molecule has 0 unspecified atom stereocenters. The molecule has 1 rings (SSSR count). The Balaban J connectivity index is 3.13. The lowest BCUT2D eigenvalue weighted by atomic mass is 10.2. The van der Waals surface area contributed by atoms with E-state index in [1.807, 2.05) is 0 Å². The predicted molar refractivity (Wildman–Crippen MR) is 59.8 cm³/mol. The van der Waals surface area contributed by atoms with Crippen molar-refractivity contribution >= 4 is 17.9 Å². The highest BCUT2D eigenvalue weighted by Gasteiger charge is 2.08. The summed E-state index contributed by atoms with van der Waals surface area (Å²) >= 11 is 0. The number of aliphatic hydroxyl groups is 1. The number of esters is 1. The molecule has 0 aliphatic heterocycles. The van der Waals surface area contributed by atoms with Gasteiger partial charge in [-0.2, -0.15) is 0 Å². The molecule has 0 amide bonds. The summed E-state index contributed by atoms with van der Waals surface area (Å²) in [5.41, 5.74) is 0. The van der Waals surface area contributed by atoms with Gasteiger partial charge >= 0.3 is 5.97 Å². The molecule has 0 saturated heterocycles. The molecule has 90 valence electrons. The number of aliphatic hydroxyl groups excluding tert-OH is 1. The van der Waals surface area contributed by atoms with Crippen LogP contribution in [-0.2, 0) is 9.53 Å². The van der Waals surface area contributed by atoms with Crippen molar-refractivity contribution in [2.75, 3.05) is 6.61 Å². The normalized spacial score (nSPS) is 9.47. The molecule has 0 aliphatic rings. The summed E-state index contributed by atoms with van der Waals surface area (Å²) in [5.74, 6) is -1.34. The number of carbonyl (C=O) groups is 1. The topological polar surface area (TPSA) is 89.7 Å². The van der Waals surface area contributed by atoms with Gasteiger partial charge in [0.25, 0.3) is 0 Å². The maximum atomic E-state index is 11.2. The van der Waals surface area contributed by atoms with E-state index < -0.39 is 16.7 Å². The van der Waals surface area contributed by atoms with Crippen LogP contribution in [0.5, 0.6) is 0 Å². The van der Waals surface area contributed by atoms with Crippen LogP contribution in [-0.4, -0.2) is 22.6 Å². The van der Waals surface area contributed by atoms with Gasteiger partial charge in [0.05, 0.1) is 11.5 Å². The minimum Gasteiger partial charge on any atom is -0.501 e. The summed E-state index contributed by atoms with van der Waals surface area (Å²) in [7, 11) is 0. The molecular formula is C11H11NO5. The van der Waals surface area contributed by atoms with Gasteiger partial charge in [0.15, 0.2) is 0 Å². The third kappa shape index (κ3) is 3.60. The van der Waals surface area contributed by atoms with E-state index in [1.165, 1.54) is 24.3 Å². The van der Waals surface area contributed by atoms with E-state index >= 15 is 0 Å². The molecule has 1 aromatic carbocycles. The van der Waals surface area contributed by atoms with Crippen molar-refractivity contribution in [1.82, 2.24) is 0 Å². The highest BCUT2D eigenvalue weighted by atomic mass is 16.6. The van der Waals surface area contributed by atoms with E-state index in [1.54, 1.807) is 6.92 Å². The van der Waals surface area contributed by atoms with Crippen LogP contribution in [0.15, 0.2) is 24.3 Å². The maximum absolute atomic E-state index is 11.2. The summed E-state index contributed by atoms with van der Waals surface area (Å²) in [6, 6.07) is 5.66. The van der Waals surface area contributed by atoms with Crippen molar-refractivity contribution < 1.29 is 19.6 Å². The zero-order valence-electron chi connectivity index (χ0n) is 9.12. The fourth-order valence-electron chi connectivity index (χ4n) is 1.17. The first-order chi connectivity index (χ1) is 8.04. The molecule has 1 N–H and O–H groups in total. The van der Waals surface area contributed by atoms with Gasteiger partial charge in [-0.1, -0.05) is 12.1 Å². The fourth-order valence-corrected chi connectivity index (χ4v) is 1.17. The van der Waals surface area contributed by atoms with Gasteiger partial charge in [-0.05, 0) is 19.1 Å². The van der Waals surface area contributed by atoms with Crippen LogP contribution in [0.25, 0.3) is 12.0 Å². The summed E-state index contributed by atoms with van der Waals surface area (Å²) in [6.45, 7) is 1.79. The number of hydrogen-bond acceptors (Lipinski definition) is 5. The molecule has 0 saturated carbocycles. The molecule has 0 spiro atoms. The monoisotopic (exact) mass is 237 g/mol. The number of carbonyl (C=O) groups excluding carboxylic acids is 1. The van der Waals surface area contributed by atoms with Crippen molar-refractivity contribution in [3.63, 3.8) is 0 Å². The molecule has 0 aromatic heterocycles. The third-order valence-corrected chi connectivity index (χ3v) is 1.91. The summed E-state index contributed by atoms with van der Waals surface area (Å²) < 4.78 is 4.61. The lowest BCUT2D eigenvalue weighted by Crippen LogP contribution is -2.17. The summed E-state index contributed by atoms with van der Waals surface area (Å²) in [4.78, 5) is 20.8. The first-order valence-electron chi connectivity index (χ1n) is 4.86. The SMILES string of the molecule is CCOC(=O)C(O)=c1ccc(=C[N+](=O)[O-])cc1. The lowest BCUT2D eigenvalue weighted by molar-refractivity contribution is -0.363. The van der Waals surface area contributed by atoms with Crippen LogP contribution >= 0.6 is 0 Å². The summed E-state index contributed by atoms with van der Waals surface area (Å²) in [5, 5.41) is 20.3. The van der Waals surface area contributed by atoms with Crippen molar-refractivity contribution in [1.29, 1.82) is 0 Å². The Hall–Kier alpha value is -2.37. The van der Waals surface area contributed by atoms with Crippen molar-refractivity contribution in [2.45, 2.75) is 6.92 Å². The van der Waals surface area contributed by atoms with Gasteiger partial charge < -0.3 is 9.84 Å². The van der Waals surface area contributed by atoms with E-state index in [-0.39, 0.29) is 11.8 Å². The highest BCUT2D eigenvalue weighted by Crippen LogP contribution is 1.91. The predicted octanol–water partition coefficient (Wildman–Crippen LogP) is -0.0694. The molecule has 0 heterocycles. The van der Waals surface area contributed by atoms with Gasteiger partial charge in [-0.3, -0.25) is 10.1 Å². The Kier molecular flexibility index (Phi) is 4.21. The second-order valence-electron chi connectivity index (χ2n) is 3.11. The van der Waals surface area contributed by atoms with Crippen LogP contribution in [0.4, 0.5) is 0 Å². The second-order valence-corrected chi connectivity index (χ2v) is 3.11. The zero-order chi connectivity index (χ0) is 12.8. The van der Waals surface area contributed by atoms with Gasteiger partial charge in [0.2, 0.25) is 12.0 Å². The molecule has 17 heavy (non-hydrogen) atoms. The third-order valence-electron chi connectivity index (χ3n) is 1.91. The van der Waals surface area contributed by atoms with Crippen LogP contribution in [0.3, 0.4) is 0 Å². The molecule has 6 nitrogen and oxygen atoms in total. The molecule has 0 radical (unpaired) electrons. The zero-order valence-corrected chi connectivity index (χ0v) is 9.12. The number of nitro groups is 1. The maximum Gasteiger partial charge on any atom is 0.374 e. The molecule has 0 bridgehead atoms. The van der Waals surface area contributed by atoms with E-state index in [4.69, 9.17) is 0 Å². The van der Waals surface area contributed by atoms with E-state index in [9.17, 15) is 20.0 Å². The minimum absolute atomic E-state index is 0.163. The van der Waals surface area contributed by atoms with Crippen LogP contribution in [0, 0.1) is 10.1 Å². The second kappa shape index (κ2) is 5.64. The van der Waals surface area contributed by atoms with E-state index in [2.05, 4.69) is 4.74 Å². The number of benzene rings is 1. The lowest BCUT2D eigenvalue weighted by Gasteiger charge is -1.99. The molecule has 6 heteroatoms. The molecule has 1 aromatic rings. The first-order valence-corrected chi connectivity index (χ1v) is 4.86. The quantitative estimate of drug-likeness (QED) is 0.451. The van der Waals surface area contributed by atoms with E-state index in [0.29, 0.717) is 5.22 Å². The minimum atomic E-state index is -0.821. The number of rotatable bonds is 3. The Bertz CT molecular complexity index is 526. The highest BCUT2D eigenvalue weighted by molar-refractivity contribution is 6.05. The molecule has 0 aliphatic carbocycles. The van der Waals surface area contributed by atoms with Gasteiger partial charge in [-0.25, -0.2) is 4.79 Å². The van der Waals surface area contributed by atoms with Gasteiger partial charge in [0, 0.05) is 10.4 Å². The smallest absolute Gasteiger partial charge is 0.374 e. The van der Waals surface area contributed by atoms with Gasteiger partial charge in [-0.15, -0.1) is 0 Å². The number of ether oxygens (including phenoxy) is 1. The van der Waals surface area contributed by atoms with Crippen molar-refractivity contribution in [2.24, 2.45) is 0 Å². The van der Waals surface area contributed by atoms with Crippen LogP contribution in [0.1, 0.15) is 6.92 Å². The fraction of sp³-hybridized carbons (Fsp3) is 0.182. The van der Waals surface area contributed by atoms with Crippen molar-refractivity contribution in [3.05, 3.63) is 44.8 Å². The summed E-state index contributed by atoms with van der Waals surface area (Å²) in [6.07, 6.45) is 0.825. The average Bonchev–Trinajstić information content (AvgIpc) is 2.28. The number of nitrogens with zero attached hydrogens (tertiary/aromatic N) is 1. The largest absolute Gasteiger partial charge is 0.501 e. The molecule has 0 atom stereocenters. The van der Waals surface area contributed by atoms with Crippen molar-refractivity contribution in [3.8, 4) is 0 Å².